The number of benzene rings is 1. The number of anilines is 2. The number of carbonyl (C=O) groups excluding carboxylic acids is 1. The smallest absolute Gasteiger partial charge is 0.340 e. The van der Waals surface area contributed by atoms with Crippen LogP contribution in [0.15, 0.2) is 24.3 Å². The lowest BCUT2D eigenvalue weighted by Crippen LogP contribution is -2.20. The van der Waals surface area contributed by atoms with Gasteiger partial charge < -0.3 is 15.4 Å². The first-order chi connectivity index (χ1) is 11.9. The zero-order valence-electron chi connectivity index (χ0n) is 13.9. The average Bonchev–Trinajstić information content (AvgIpc) is 2.98. The Kier molecular flexibility index (Phi) is 6.05. The maximum absolute atomic E-state index is 11.9. The van der Waals surface area contributed by atoms with E-state index in [0.29, 0.717) is 21.8 Å². The molecule has 2 N–H and O–H groups in total. The molecule has 9 heteroatoms. The molecule has 0 saturated carbocycles. The molecule has 7 nitrogen and oxygen atoms in total. The summed E-state index contributed by atoms with van der Waals surface area (Å²) in [6, 6.07) is 6.47. The van der Waals surface area contributed by atoms with Crippen molar-refractivity contribution in [2.75, 3.05) is 17.7 Å². The van der Waals surface area contributed by atoms with Gasteiger partial charge in [-0.1, -0.05) is 13.0 Å². The summed E-state index contributed by atoms with van der Waals surface area (Å²) in [6.07, 6.45) is 0.778. The number of thiophene rings is 1. The number of nitrogens with zero attached hydrogens (tertiary/aromatic N) is 1. The van der Waals surface area contributed by atoms with Gasteiger partial charge in [-0.05, 0) is 37.7 Å². The molecule has 0 radical (unpaired) electrons. The molecule has 2 rings (SSSR count). The van der Waals surface area contributed by atoms with Crippen LogP contribution < -0.4 is 10.6 Å². The van der Waals surface area contributed by atoms with Crippen LogP contribution in [0, 0.1) is 17.0 Å². The van der Waals surface area contributed by atoms with Gasteiger partial charge in [0.05, 0.1) is 28.8 Å². The number of esters is 1. The first-order valence-corrected chi connectivity index (χ1v) is 8.62. The molecular weight excluding hydrogens is 362 g/mol. The molecule has 2 aromatic rings. The predicted octanol–water partition coefficient (Wildman–Crippen LogP) is 4.12. The lowest BCUT2D eigenvalue weighted by Gasteiger charge is -2.12. The lowest BCUT2D eigenvalue weighted by atomic mass is 10.1. The predicted molar refractivity (Wildman–Crippen MR) is 103 cm³/mol. The van der Waals surface area contributed by atoms with E-state index < -0.39 is 10.9 Å². The number of rotatable bonds is 5. The molecule has 0 saturated heterocycles. The van der Waals surface area contributed by atoms with Crippen LogP contribution in [0.3, 0.4) is 0 Å². The Morgan fingerprint density at radius 3 is 2.72 bits per heavy atom. The van der Waals surface area contributed by atoms with E-state index in [1.807, 2.05) is 6.92 Å². The van der Waals surface area contributed by atoms with Gasteiger partial charge in [-0.3, -0.25) is 10.1 Å². The van der Waals surface area contributed by atoms with Crippen molar-refractivity contribution in [3.8, 4) is 0 Å². The maximum atomic E-state index is 11.9. The second-order valence-corrected chi connectivity index (χ2v) is 6.63. The molecule has 1 aromatic carbocycles. The van der Waals surface area contributed by atoms with Crippen LogP contribution in [-0.4, -0.2) is 23.1 Å². The van der Waals surface area contributed by atoms with Gasteiger partial charge in [-0.25, -0.2) is 4.79 Å². The van der Waals surface area contributed by atoms with Crippen molar-refractivity contribution in [1.29, 1.82) is 0 Å². The molecule has 1 heterocycles. The summed E-state index contributed by atoms with van der Waals surface area (Å²) in [5.74, 6) is -0.451. The van der Waals surface area contributed by atoms with Crippen LogP contribution in [0.4, 0.5) is 16.4 Å². The first kappa shape index (κ1) is 18.8. The second kappa shape index (κ2) is 8.04. The maximum Gasteiger partial charge on any atom is 0.340 e. The number of nitro groups is 1. The summed E-state index contributed by atoms with van der Waals surface area (Å²) in [7, 11) is 1.32. The summed E-state index contributed by atoms with van der Waals surface area (Å²) in [6.45, 7) is 3.63. The second-order valence-electron chi connectivity index (χ2n) is 5.09. The quantitative estimate of drug-likeness (QED) is 0.349. The number of aryl methyl sites for hydroxylation is 1. The molecule has 0 aliphatic carbocycles. The zero-order chi connectivity index (χ0) is 18.6. The Morgan fingerprint density at radius 2 is 2.12 bits per heavy atom. The van der Waals surface area contributed by atoms with Gasteiger partial charge in [-0.2, -0.15) is 0 Å². The van der Waals surface area contributed by atoms with Crippen LogP contribution in [-0.2, 0) is 11.2 Å². The van der Waals surface area contributed by atoms with Gasteiger partial charge >= 0.3 is 5.97 Å². The summed E-state index contributed by atoms with van der Waals surface area (Å²) in [4.78, 5) is 23.5. The van der Waals surface area contributed by atoms with Gasteiger partial charge in [-0.15, -0.1) is 11.3 Å². The number of ether oxygens (including phenoxy) is 1. The molecule has 0 spiro atoms. The van der Waals surface area contributed by atoms with Crippen LogP contribution in [0.25, 0.3) is 0 Å². The minimum atomic E-state index is -0.451. The highest BCUT2D eigenvalue weighted by atomic mass is 32.1. The minimum absolute atomic E-state index is 0.00689. The summed E-state index contributed by atoms with van der Waals surface area (Å²) in [5, 5.41) is 17.7. The van der Waals surface area contributed by atoms with E-state index >= 15 is 0 Å². The van der Waals surface area contributed by atoms with Crippen LogP contribution in [0.1, 0.15) is 27.7 Å². The van der Waals surface area contributed by atoms with Crippen molar-refractivity contribution in [1.82, 2.24) is 0 Å². The molecule has 0 bridgehead atoms. The number of methoxy groups -OCH3 is 1. The van der Waals surface area contributed by atoms with Crippen LogP contribution in [0.2, 0.25) is 0 Å². The summed E-state index contributed by atoms with van der Waals surface area (Å²) < 4.78 is 4.78. The normalized spacial score (nSPS) is 10.2. The molecule has 1 aromatic heterocycles. The van der Waals surface area contributed by atoms with Gasteiger partial charge in [0.2, 0.25) is 0 Å². The fourth-order valence-electron chi connectivity index (χ4n) is 2.18. The molecule has 25 heavy (non-hydrogen) atoms. The van der Waals surface area contributed by atoms with Crippen molar-refractivity contribution in [3.05, 3.63) is 50.4 Å². The van der Waals surface area contributed by atoms with Gasteiger partial charge in [0.15, 0.2) is 5.11 Å². The zero-order valence-corrected chi connectivity index (χ0v) is 15.5. The number of hydrogen-bond donors (Lipinski definition) is 2. The lowest BCUT2D eigenvalue weighted by molar-refractivity contribution is -0.385. The number of nitro benzene ring substituents is 1. The topological polar surface area (TPSA) is 93.5 Å². The van der Waals surface area contributed by atoms with E-state index in [2.05, 4.69) is 10.6 Å². The number of nitrogens with one attached hydrogen (secondary N) is 2. The fourth-order valence-corrected chi connectivity index (χ4v) is 3.45. The van der Waals surface area contributed by atoms with E-state index in [4.69, 9.17) is 17.0 Å². The summed E-state index contributed by atoms with van der Waals surface area (Å²) in [5.41, 5.74) is 1.42. The van der Waals surface area contributed by atoms with Crippen LogP contribution >= 0.6 is 23.6 Å². The third-order valence-electron chi connectivity index (χ3n) is 3.51. The molecule has 0 aliphatic rings. The van der Waals surface area contributed by atoms with Gasteiger partial charge in [0.25, 0.3) is 5.69 Å². The van der Waals surface area contributed by atoms with E-state index in [1.165, 1.54) is 24.5 Å². The van der Waals surface area contributed by atoms with E-state index in [1.54, 1.807) is 25.1 Å². The monoisotopic (exact) mass is 379 g/mol. The van der Waals surface area contributed by atoms with Gasteiger partial charge in [0, 0.05) is 10.9 Å². The Morgan fingerprint density at radius 1 is 1.40 bits per heavy atom. The van der Waals surface area contributed by atoms with Crippen LogP contribution in [0.5, 0.6) is 0 Å². The molecular formula is C16H17N3O4S2. The molecule has 0 amide bonds. The molecule has 0 unspecified atom stereocenters. The SMILES string of the molecule is CCc1cc(C(=O)OC)c(NC(=S)Nc2cccc([N+](=O)[O-])c2C)s1. The highest BCUT2D eigenvalue weighted by molar-refractivity contribution is 7.80. The molecule has 0 atom stereocenters. The van der Waals surface area contributed by atoms with Crippen molar-refractivity contribution in [2.24, 2.45) is 0 Å². The largest absolute Gasteiger partial charge is 0.465 e. The van der Waals surface area contributed by atoms with Crippen molar-refractivity contribution >= 4 is 51.0 Å². The average molecular weight is 379 g/mol. The Hall–Kier alpha value is -2.52. The van der Waals surface area contributed by atoms with E-state index in [-0.39, 0.29) is 10.8 Å². The van der Waals surface area contributed by atoms with Crippen molar-refractivity contribution in [3.63, 3.8) is 0 Å². The third-order valence-corrected chi connectivity index (χ3v) is 4.91. The summed E-state index contributed by atoms with van der Waals surface area (Å²) >= 11 is 6.68. The highest BCUT2D eigenvalue weighted by Gasteiger charge is 2.18. The van der Waals surface area contributed by atoms with E-state index in [0.717, 1.165) is 11.3 Å². The fraction of sp³-hybridized carbons (Fsp3) is 0.250. The third kappa shape index (κ3) is 4.31. The number of thiocarbonyl (C=S) groups is 1. The number of carbonyl (C=O) groups is 1. The Bertz CT molecular complexity index is 833. The van der Waals surface area contributed by atoms with Gasteiger partial charge in [0.1, 0.15) is 5.00 Å². The molecule has 0 fully saturated rings. The van der Waals surface area contributed by atoms with Crippen molar-refractivity contribution in [2.45, 2.75) is 20.3 Å². The Labute approximate surface area is 154 Å². The van der Waals surface area contributed by atoms with E-state index in [9.17, 15) is 14.9 Å². The number of hydrogen-bond acceptors (Lipinski definition) is 6. The molecule has 0 aliphatic heterocycles. The highest BCUT2D eigenvalue weighted by Crippen LogP contribution is 2.30. The first-order valence-electron chi connectivity index (χ1n) is 7.40. The Balaban J connectivity index is 2.21. The minimum Gasteiger partial charge on any atom is -0.465 e. The van der Waals surface area contributed by atoms with Crippen molar-refractivity contribution < 1.29 is 14.5 Å². The standard InChI is InChI=1S/C16H17N3O4S2/c1-4-10-8-11(15(20)23-3)14(25-10)18-16(24)17-12-6-5-7-13(9(12)2)19(21)22/h5-8H,4H2,1-3H3,(H2,17,18,24). The molecule has 132 valence electrons.